The Morgan fingerprint density at radius 1 is 1.11 bits per heavy atom. The first-order chi connectivity index (χ1) is 21.5. The molecule has 4 rings (SSSR count). The maximum Gasteiger partial charge on any atom is 0.414 e. The Morgan fingerprint density at radius 3 is 2.50 bits per heavy atom. The van der Waals surface area contributed by atoms with Crippen LogP contribution in [0.25, 0.3) is 11.3 Å². The first kappa shape index (κ1) is 34.8. The lowest BCUT2D eigenvalue weighted by atomic mass is 9.83. The zero-order chi connectivity index (χ0) is 33.9. The number of rotatable bonds is 10. The Balaban J connectivity index is 1.76. The van der Waals surface area contributed by atoms with E-state index >= 15 is 0 Å². The Labute approximate surface area is 273 Å². The molecule has 3 aromatic rings. The van der Waals surface area contributed by atoms with Gasteiger partial charge in [-0.1, -0.05) is 27.7 Å². The Hall–Kier alpha value is -4.05. The second-order valence-electron chi connectivity index (χ2n) is 14.3. The molecule has 12 heteroatoms. The highest BCUT2D eigenvalue weighted by Crippen LogP contribution is 2.47. The minimum atomic E-state index is -2.14. The minimum Gasteiger partial charge on any atom is -0.474 e. The normalized spacial score (nSPS) is 16.5. The standard InChI is InChI=1S/C34H46N6O5Si/c1-32(2,3)45-31(41)40-21-34(7,22-44-46(9,10)33(4,5)6)25-19-23(18-24(20-35)28(25)40)26-13-15-37-30(38-26)39-27-12-11-14-36-29(27)43-17-16-42-8/h11-15,18-19H,16-17,21-22H2,1-10H3,(H,37,38,39)/t34-/m1/s1. The van der Waals surface area contributed by atoms with E-state index in [1.54, 1.807) is 42.6 Å². The Kier molecular flexibility index (Phi) is 10.1. The van der Waals surface area contributed by atoms with Crippen molar-refractivity contribution in [2.45, 2.75) is 77.6 Å². The molecule has 0 unspecified atom stereocenters. The van der Waals surface area contributed by atoms with Gasteiger partial charge in [0, 0.05) is 43.6 Å². The fourth-order valence-electron chi connectivity index (χ4n) is 4.81. The van der Waals surface area contributed by atoms with E-state index in [9.17, 15) is 10.1 Å². The zero-order valence-corrected chi connectivity index (χ0v) is 29.6. The lowest BCUT2D eigenvalue weighted by Gasteiger charge is -2.39. The number of ether oxygens (including phenoxy) is 3. The number of hydrogen-bond donors (Lipinski definition) is 1. The molecule has 1 aliphatic heterocycles. The third-order valence-electron chi connectivity index (χ3n) is 8.32. The van der Waals surface area contributed by atoms with Crippen LogP contribution in [0.2, 0.25) is 18.1 Å². The predicted octanol–water partition coefficient (Wildman–Crippen LogP) is 7.21. The van der Waals surface area contributed by atoms with Crippen LogP contribution in [0.15, 0.2) is 42.7 Å². The van der Waals surface area contributed by atoms with E-state index in [0.29, 0.717) is 66.4 Å². The van der Waals surface area contributed by atoms with Gasteiger partial charge < -0.3 is 24.0 Å². The number of nitrogens with one attached hydrogen (secondary N) is 1. The molecule has 0 saturated carbocycles. The Bertz CT molecular complexity index is 1610. The summed E-state index contributed by atoms with van der Waals surface area (Å²) in [4.78, 5) is 28.6. The molecular weight excluding hydrogens is 600 g/mol. The van der Waals surface area contributed by atoms with E-state index < -0.39 is 25.4 Å². The van der Waals surface area contributed by atoms with Crippen molar-refractivity contribution in [3.05, 3.63) is 53.9 Å². The van der Waals surface area contributed by atoms with Gasteiger partial charge in [-0.25, -0.2) is 19.7 Å². The number of nitrogens with zero attached hydrogens (tertiary/aromatic N) is 5. The smallest absolute Gasteiger partial charge is 0.414 e. The fourth-order valence-corrected chi connectivity index (χ4v) is 5.92. The second kappa shape index (κ2) is 13.4. The van der Waals surface area contributed by atoms with Crippen molar-refractivity contribution in [3.8, 4) is 23.2 Å². The summed E-state index contributed by atoms with van der Waals surface area (Å²) in [6.07, 6.45) is 2.80. The maximum absolute atomic E-state index is 13.5. The quantitative estimate of drug-likeness (QED) is 0.178. The molecule has 0 bridgehead atoms. The molecule has 0 radical (unpaired) electrons. The number of methoxy groups -OCH3 is 1. The van der Waals surface area contributed by atoms with Crippen molar-refractivity contribution in [2.24, 2.45) is 0 Å². The zero-order valence-electron chi connectivity index (χ0n) is 28.6. The minimum absolute atomic E-state index is 0.00261. The molecule has 1 atom stereocenters. The van der Waals surface area contributed by atoms with Crippen LogP contribution in [0, 0.1) is 11.3 Å². The van der Waals surface area contributed by atoms with Gasteiger partial charge in [-0.15, -0.1) is 0 Å². The number of hydrogen-bond acceptors (Lipinski definition) is 10. The van der Waals surface area contributed by atoms with Gasteiger partial charge in [0.25, 0.3) is 0 Å². The molecule has 1 amide bonds. The maximum atomic E-state index is 13.5. The van der Waals surface area contributed by atoms with Crippen LogP contribution in [0.5, 0.6) is 5.88 Å². The highest BCUT2D eigenvalue weighted by atomic mass is 28.4. The van der Waals surface area contributed by atoms with Crippen LogP contribution in [-0.4, -0.2) is 68.4 Å². The highest BCUT2D eigenvalue weighted by molar-refractivity contribution is 6.74. The molecule has 1 aromatic carbocycles. The fraction of sp³-hybridized carbons (Fsp3) is 0.500. The van der Waals surface area contributed by atoms with Crippen LogP contribution < -0.4 is 15.0 Å². The molecule has 0 fully saturated rings. The monoisotopic (exact) mass is 646 g/mol. The van der Waals surface area contributed by atoms with E-state index in [-0.39, 0.29) is 5.04 Å². The molecule has 46 heavy (non-hydrogen) atoms. The van der Waals surface area contributed by atoms with Crippen molar-refractivity contribution < 1.29 is 23.4 Å². The number of pyridine rings is 1. The van der Waals surface area contributed by atoms with Gasteiger partial charge >= 0.3 is 6.09 Å². The predicted molar refractivity (Wildman–Crippen MR) is 181 cm³/mol. The van der Waals surface area contributed by atoms with Gasteiger partial charge in [-0.05, 0) is 74.8 Å². The van der Waals surface area contributed by atoms with Gasteiger partial charge in [0.1, 0.15) is 24.0 Å². The number of anilines is 3. The lowest BCUT2D eigenvalue weighted by molar-refractivity contribution is 0.0575. The third-order valence-corrected chi connectivity index (χ3v) is 12.8. The molecular formula is C34H46N6O5Si. The summed E-state index contributed by atoms with van der Waals surface area (Å²) in [6.45, 7) is 20.0. The summed E-state index contributed by atoms with van der Waals surface area (Å²) in [5.74, 6) is 0.734. The first-order valence-corrected chi connectivity index (χ1v) is 18.3. The molecule has 1 N–H and O–H groups in total. The summed E-state index contributed by atoms with van der Waals surface area (Å²) in [6, 6.07) is 11.5. The van der Waals surface area contributed by atoms with Gasteiger partial charge in [-0.2, -0.15) is 5.26 Å². The van der Waals surface area contributed by atoms with Gasteiger partial charge in [-0.3, -0.25) is 4.90 Å². The number of aromatic nitrogens is 3. The van der Waals surface area contributed by atoms with Crippen LogP contribution in [-0.2, 0) is 19.3 Å². The first-order valence-electron chi connectivity index (χ1n) is 15.4. The third kappa shape index (κ3) is 7.83. The summed E-state index contributed by atoms with van der Waals surface area (Å²) in [7, 11) is -0.531. The van der Waals surface area contributed by atoms with E-state index in [4.69, 9.17) is 23.6 Å². The summed E-state index contributed by atoms with van der Waals surface area (Å²) in [5.41, 5.74) is 2.34. The molecule has 1 aliphatic rings. The average Bonchev–Trinajstić information content (AvgIpc) is 3.28. The molecule has 3 heterocycles. The van der Waals surface area contributed by atoms with Crippen LogP contribution >= 0.6 is 0 Å². The topological polar surface area (TPSA) is 132 Å². The van der Waals surface area contributed by atoms with E-state index in [2.05, 4.69) is 62.1 Å². The van der Waals surface area contributed by atoms with E-state index in [1.807, 2.05) is 32.9 Å². The van der Waals surface area contributed by atoms with Crippen LogP contribution in [0.3, 0.4) is 0 Å². The summed E-state index contributed by atoms with van der Waals surface area (Å²) < 4.78 is 23.4. The van der Waals surface area contributed by atoms with E-state index in [0.717, 1.165) is 5.56 Å². The van der Waals surface area contributed by atoms with Crippen molar-refractivity contribution in [1.82, 2.24) is 15.0 Å². The summed E-state index contributed by atoms with van der Waals surface area (Å²) in [5, 5.41) is 13.6. The van der Waals surface area contributed by atoms with Crippen molar-refractivity contribution in [2.75, 3.05) is 43.7 Å². The average molecular weight is 647 g/mol. The van der Waals surface area contributed by atoms with Crippen molar-refractivity contribution >= 4 is 31.7 Å². The van der Waals surface area contributed by atoms with Crippen molar-refractivity contribution in [3.63, 3.8) is 0 Å². The largest absolute Gasteiger partial charge is 0.474 e. The molecule has 0 spiro atoms. The number of amides is 1. The number of fused-ring (bicyclic) bond motifs is 1. The highest BCUT2D eigenvalue weighted by Gasteiger charge is 2.47. The number of nitriles is 1. The molecule has 246 valence electrons. The lowest BCUT2D eigenvalue weighted by Crippen LogP contribution is -2.46. The van der Waals surface area contributed by atoms with Crippen LogP contribution in [0.4, 0.5) is 22.1 Å². The van der Waals surface area contributed by atoms with Gasteiger partial charge in [0.05, 0.1) is 23.6 Å². The molecule has 2 aromatic heterocycles. The number of benzene rings is 1. The van der Waals surface area contributed by atoms with Crippen molar-refractivity contribution in [1.29, 1.82) is 5.26 Å². The Morgan fingerprint density at radius 2 is 1.85 bits per heavy atom. The molecule has 0 aliphatic carbocycles. The van der Waals surface area contributed by atoms with Gasteiger partial charge in [0.15, 0.2) is 8.32 Å². The van der Waals surface area contributed by atoms with Gasteiger partial charge in [0.2, 0.25) is 11.8 Å². The second-order valence-corrected chi connectivity index (χ2v) is 19.1. The number of carbonyl (C=O) groups excluding carboxylic acids is 1. The SMILES string of the molecule is COCCOc1ncccc1Nc1nccc(-c2cc(C#N)c3c(c2)[C@@](C)(CO[Si](C)(C)C(C)(C)C)CN3C(=O)OC(C)(C)C)n1. The molecule has 11 nitrogen and oxygen atoms in total. The molecule has 0 saturated heterocycles. The number of carbonyl (C=O) groups is 1. The van der Waals surface area contributed by atoms with E-state index in [1.165, 1.54) is 0 Å². The summed E-state index contributed by atoms with van der Waals surface area (Å²) >= 11 is 0. The van der Waals surface area contributed by atoms with Crippen LogP contribution in [0.1, 0.15) is 59.6 Å².